The van der Waals surface area contributed by atoms with Crippen molar-refractivity contribution in [3.8, 4) is 0 Å². The first-order valence-electron chi connectivity index (χ1n) is 6.19. The number of rotatable bonds is 1. The highest BCUT2D eigenvalue weighted by molar-refractivity contribution is 5.59. The molecule has 2 fully saturated rings. The first-order chi connectivity index (χ1) is 9.75. The number of aliphatic hydroxyl groups is 3. The van der Waals surface area contributed by atoms with E-state index in [1.54, 1.807) is 0 Å². The average Bonchev–Trinajstić information content (AvgIpc) is 2.80. The number of ether oxygens (including phenoxy) is 1. The lowest BCUT2D eigenvalue weighted by Gasteiger charge is -2.35. The number of fused-ring (bicyclic) bond motifs is 2. The van der Waals surface area contributed by atoms with E-state index in [1.165, 1.54) is 0 Å². The van der Waals surface area contributed by atoms with Crippen LogP contribution in [-0.2, 0) is 10.5 Å². The first-order valence-corrected chi connectivity index (χ1v) is 6.19. The lowest BCUT2D eigenvalue weighted by atomic mass is 9.88. The molecule has 5 N–H and O–H groups in total. The van der Waals surface area contributed by atoms with Crippen molar-refractivity contribution >= 4 is 11.5 Å². The molecule has 1 aliphatic carbocycles. The van der Waals surface area contributed by atoms with Gasteiger partial charge in [-0.25, -0.2) is 18.9 Å². The summed E-state index contributed by atoms with van der Waals surface area (Å²) in [5.41, 5.74) is 0.750. The molecule has 21 heavy (non-hydrogen) atoms. The zero-order valence-electron chi connectivity index (χ0n) is 10.8. The van der Waals surface area contributed by atoms with Gasteiger partial charge in [0, 0.05) is 0 Å². The standard InChI is InChI=1S/C11H12FN5O4/c1-9(12)10(19)5(18)6(10)21-11(9,20)4-2-14-8-7(13)15-3-16-17(4)8/h2-3,5-6,18-20H,1H3,(H2,13,15,16)/t5?,6-,9-,10-,11?/m1/s1. The largest absolute Gasteiger partial charge is 0.387 e. The van der Waals surface area contributed by atoms with Crippen LogP contribution in [0.5, 0.6) is 0 Å². The van der Waals surface area contributed by atoms with Crippen LogP contribution in [-0.4, -0.2) is 58.4 Å². The molecule has 0 spiro atoms. The molecule has 3 heterocycles. The van der Waals surface area contributed by atoms with E-state index in [9.17, 15) is 15.3 Å². The van der Waals surface area contributed by atoms with Crippen molar-refractivity contribution in [3.05, 3.63) is 18.2 Å². The van der Waals surface area contributed by atoms with Crippen molar-refractivity contribution in [2.45, 2.75) is 36.2 Å². The van der Waals surface area contributed by atoms with Gasteiger partial charge in [-0.1, -0.05) is 0 Å². The fraction of sp³-hybridized carbons (Fsp3) is 0.545. The molecule has 2 aliphatic rings. The molecule has 10 heteroatoms. The number of hydrogen-bond acceptors (Lipinski definition) is 8. The van der Waals surface area contributed by atoms with E-state index in [1.807, 2.05) is 0 Å². The lowest BCUT2D eigenvalue weighted by Crippen LogP contribution is -2.55. The van der Waals surface area contributed by atoms with Gasteiger partial charge in [-0.05, 0) is 6.92 Å². The SMILES string of the molecule is C[C@]1(F)C(O)(c2cnc3c(N)ncnn23)O[C@@H]2C(O)[C@@]21O. The van der Waals surface area contributed by atoms with Crippen molar-refractivity contribution in [1.82, 2.24) is 19.6 Å². The van der Waals surface area contributed by atoms with E-state index < -0.39 is 29.3 Å². The Morgan fingerprint density at radius 3 is 2.76 bits per heavy atom. The second-order valence-electron chi connectivity index (χ2n) is 5.48. The summed E-state index contributed by atoms with van der Waals surface area (Å²) in [6.07, 6.45) is -0.362. The quantitative estimate of drug-likeness (QED) is 0.478. The molecule has 0 aromatic carbocycles. The Bertz CT molecular complexity index is 766. The predicted molar refractivity (Wildman–Crippen MR) is 64.4 cm³/mol. The minimum atomic E-state index is -2.67. The molecule has 2 aromatic rings. The molecule has 0 amide bonds. The molecular formula is C11H12FN5O4. The van der Waals surface area contributed by atoms with Gasteiger partial charge in [0.25, 0.3) is 0 Å². The Hall–Kier alpha value is -1.88. The van der Waals surface area contributed by atoms with Gasteiger partial charge in [0.05, 0.1) is 6.20 Å². The maximum absolute atomic E-state index is 15.0. The van der Waals surface area contributed by atoms with Crippen molar-refractivity contribution in [2.75, 3.05) is 5.73 Å². The van der Waals surface area contributed by atoms with E-state index in [-0.39, 0.29) is 17.2 Å². The first kappa shape index (κ1) is 12.8. The van der Waals surface area contributed by atoms with Crippen LogP contribution in [0.3, 0.4) is 0 Å². The normalized spacial score (nSPS) is 45.0. The Morgan fingerprint density at radius 1 is 1.43 bits per heavy atom. The number of alkyl halides is 1. The molecule has 2 unspecified atom stereocenters. The number of nitrogens with two attached hydrogens (primary N) is 1. The number of hydrogen-bond donors (Lipinski definition) is 4. The fourth-order valence-electron chi connectivity index (χ4n) is 2.96. The molecule has 4 rings (SSSR count). The fourth-order valence-corrected chi connectivity index (χ4v) is 2.96. The number of anilines is 1. The molecule has 2 aromatic heterocycles. The Labute approximate surface area is 116 Å². The molecule has 5 atom stereocenters. The number of halogens is 1. The van der Waals surface area contributed by atoms with Gasteiger partial charge in [-0.15, -0.1) is 0 Å². The molecule has 9 nitrogen and oxygen atoms in total. The third-order valence-corrected chi connectivity index (χ3v) is 4.43. The molecular weight excluding hydrogens is 285 g/mol. The van der Waals surface area contributed by atoms with Gasteiger partial charge in [-0.3, -0.25) is 0 Å². The van der Waals surface area contributed by atoms with Crippen LogP contribution in [0.1, 0.15) is 12.6 Å². The molecule has 1 saturated carbocycles. The van der Waals surface area contributed by atoms with Gasteiger partial charge >= 0.3 is 0 Å². The summed E-state index contributed by atoms with van der Waals surface area (Å²) < 4.78 is 21.3. The number of aliphatic hydroxyl groups excluding tert-OH is 1. The molecule has 0 radical (unpaired) electrons. The maximum atomic E-state index is 15.0. The molecule has 0 bridgehead atoms. The summed E-state index contributed by atoms with van der Waals surface area (Å²) in [6, 6.07) is 0. The lowest BCUT2D eigenvalue weighted by molar-refractivity contribution is -0.279. The van der Waals surface area contributed by atoms with Crippen LogP contribution < -0.4 is 5.73 Å². The zero-order valence-corrected chi connectivity index (χ0v) is 10.8. The molecule has 1 aliphatic heterocycles. The van der Waals surface area contributed by atoms with Gasteiger partial charge in [0.2, 0.25) is 11.5 Å². The summed E-state index contributed by atoms with van der Waals surface area (Å²) in [4.78, 5) is 7.65. The number of imidazole rings is 1. The maximum Gasteiger partial charge on any atom is 0.250 e. The molecule has 1 saturated heterocycles. The Morgan fingerprint density at radius 2 is 2.14 bits per heavy atom. The van der Waals surface area contributed by atoms with Gasteiger partial charge in [0.15, 0.2) is 17.1 Å². The van der Waals surface area contributed by atoms with E-state index in [2.05, 4.69) is 15.1 Å². The van der Waals surface area contributed by atoms with Crippen molar-refractivity contribution in [2.24, 2.45) is 0 Å². The smallest absolute Gasteiger partial charge is 0.250 e. The summed E-state index contributed by atoms with van der Waals surface area (Å²) in [7, 11) is 0. The van der Waals surface area contributed by atoms with Gasteiger partial charge in [-0.2, -0.15) is 5.10 Å². The van der Waals surface area contributed by atoms with Gasteiger partial charge in [0.1, 0.15) is 24.2 Å². The number of nitrogens with zero attached hydrogens (tertiary/aromatic N) is 4. The van der Waals surface area contributed by atoms with Gasteiger partial charge < -0.3 is 25.8 Å². The van der Waals surface area contributed by atoms with E-state index in [4.69, 9.17) is 10.5 Å². The Kier molecular flexibility index (Phi) is 2.02. The summed E-state index contributed by atoms with van der Waals surface area (Å²) >= 11 is 0. The second kappa shape index (κ2) is 3.30. The average molecular weight is 297 g/mol. The van der Waals surface area contributed by atoms with E-state index >= 15 is 4.39 Å². The predicted octanol–water partition coefficient (Wildman–Crippen LogP) is -1.92. The minimum absolute atomic E-state index is 0.0438. The topological polar surface area (TPSA) is 139 Å². The van der Waals surface area contributed by atoms with Crippen molar-refractivity contribution < 1.29 is 24.4 Å². The third kappa shape index (κ3) is 1.15. The summed E-state index contributed by atoms with van der Waals surface area (Å²) in [6.45, 7) is 0.952. The highest BCUT2D eigenvalue weighted by atomic mass is 19.1. The van der Waals surface area contributed by atoms with E-state index in [0.717, 1.165) is 24.0 Å². The monoisotopic (exact) mass is 297 g/mol. The molecule has 112 valence electrons. The number of nitrogen functional groups attached to an aromatic ring is 1. The third-order valence-electron chi connectivity index (χ3n) is 4.43. The van der Waals surface area contributed by atoms with Crippen LogP contribution in [0.2, 0.25) is 0 Å². The van der Waals surface area contributed by atoms with Crippen LogP contribution in [0, 0.1) is 0 Å². The van der Waals surface area contributed by atoms with Crippen LogP contribution in [0.15, 0.2) is 12.5 Å². The van der Waals surface area contributed by atoms with Crippen molar-refractivity contribution in [3.63, 3.8) is 0 Å². The number of aromatic nitrogens is 4. The zero-order chi connectivity index (χ0) is 15.2. The van der Waals surface area contributed by atoms with Crippen LogP contribution in [0.4, 0.5) is 10.2 Å². The van der Waals surface area contributed by atoms with E-state index in [0.29, 0.717) is 0 Å². The van der Waals surface area contributed by atoms with Crippen LogP contribution >= 0.6 is 0 Å². The Balaban J connectivity index is 1.92. The second-order valence-corrected chi connectivity index (χ2v) is 5.48. The minimum Gasteiger partial charge on any atom is -0.387 e. The van der Waals surface area contributed by atoms with Crippen molar-refractivity contribution in [1.29, 1.82) is 0 Å². The highest BCUT2D eigenvalue weighted by Gasteiger charge is 2.88. The summed E-state index contributed by atoms with van der Waals surface area (Å²) in [5, 5.41) is 34.1. The van der Waals surface area contributed by atoms with Crippen LogP contribution in [0.25, 0.3) is 5.65 Å². The highest BCUT2D eigenvalue weighted by Crippen LogP contribution is 2.64. The summed E-state index contributed by atoms with van der Waals surface area (Å²) in [5.74, 6) is -2.48.